The Kier molecular flexibility index (Phi) is 10.8. The van der Waals surface area contributed by atoms with E-state index in [0.29, 0.717) is 23.2 Å². The maximum absolute atomic E-state index is 13.2. The molecule has 2 aromatic rings. The maximum atomic E-state index is 13.2. The number of aromatic nitrogens is 1. The van der Waals surface area contributed by atoms with Crippen LogP contribution in [0.25, 0.3) is 0 Å². The first kappa shape index (κ1) is 34.5. The molecule has 2 aliphatic heterocycles. The third-order valence-electron chi connectivity index (χ3n) is 7.13. The Bertz CT molecular complexity index is 1590. The zero-order chi connectivity index (χ0) is 33.6. The number of carbonyl (C=O) groups is 3. The molecule has 2 amide bonds. The van der Waals surface area contributed by atoms with E-state index in [4.69, 9.17) is 25.3 Å². The summed E-state index contributed by atoms with van der Waals surface area (Å²) in [5, 5.41) is 32.3. The molecule has 4 rings (SSSR count). The first-order valence-corrected chi connectivity index (χ1v) is 16.2. The molecule has 3 heterocycles. The van der Waals surface area contributed by atoms with Gasteiger partial charge in [0, 0.05) is 23.5 Å². The zero-order valence-corrected chi connectivity index (χ0v) is 26.4. The Hall–Kier alpha value is -4.37. The normalized spacial score (nSPS) is 20.3. The number of oxime groups is 1. The number of hydroxylamine groups is 2. The molecule has 1 aromatic heterocycles. The highest BCUT2D eigenvalue weighted by Crippen LogP contribution is 2.33. The van der Waals surface area contributed by atoms with E-state index in [0.717, 1.165) is 37.1 Å². The summed E-state index contributed by atoms with van der Waals surface area (Å²) in [6.07, 6.45) is 1.64. The van der Waals surface area contributed by atoms with E-state index in [1.807, 2.05) is 0 Å². The van der Waals surface area contributed by atoms with E-state index in [-0.39, 0.29) is 22.4 Å². The Morgan fingerprint density at radius 3 is 2.59 bits per heavy atom. The van der Waals surface area contributed by atoms with Crippen LogP contribution < -0.4 is 26.4 Å². The van der Waals surface area contributed by atoms with Crippen molar-refractivity contribution in [3.8, 4) is 5.75 Å². The van der Waals surface area contributed by atoms with Gasteiger partial charge in [0.2, 0.25) is 0 Å². The number of thiazole rings is 1. The maximum Gasteiger partial charge on any atom is 0.418 e. The van der Waals surface area contributed by atoms with Crippen molar-refractivity contribution in [2.45, 2.75) is 56.8 Å². The summed E-state index contributed by atoms with van der Waals surface area (Å²) in [5.41, 5.74) is 4.24. The third-order valence-corrected chi connectivity index (χ3v) is 8.14. The van der Waals surface area contributed by atoms with Crippen LogP contribution in [0, 0.1) is 5.41 Å². The summed E-state index contributed by atoms with van der Waals surface area (Å²) in [5.74, 6) is -2.96. The van der Waals surface area contributed by atoms with Crippen LogP contribution in [0.15, 0.2) is 34.8 Å². The van der Waals surface area contributed by atoms with Crippen LogP contribution in [-0.2, 0) is 33.9 Å². The SMILES string of the molecule is CC1(C)[C@H](NC(=O)/C(=N\O[C@@H](COc2ccc(C(=N)NCC3CCCCN3)cc2)C(=O)O)c2csc(N)n2)C(=O)N1OS(=O)(=O)O. The van der Waals surface area contributed by atoms with Crippen LogP contribution in [0.5, 0.6) is 5.75 Å². The molecule has 0 radical (unpaired) electrons. The molecular formula is C26H34N8O10S2. The monoisotopic (exact) mass is 682 g/mol. The molecule has 18 nitrogen and oxygen atoms in total. The number of carboxylic acid groups (broad SMARTS) is 1. The van der Waals surface area contributed by atoms with Crippen LogP contribution in [0.1, 0.15) is 44.4 Å². The van der Waals surface area contributed by atoms with Gasteiger partial charge in [-0.15, -0.1) is 15.6 Å². The molecule has 0 saturated carbocycles. The van der Waals surface area contributed by atoms with Crippen molar-refractivity contribution in [2.24, 2.45) is 5.16 Å². The van der Waals surface area contributed by atoms with E-state index in [9.17, 15) is 27.9 Å². The minimum absolute atomic E-state index is 0.0544. The highest BCUT2D eigenvalue weighted by Gasteiger charge is 2.58. The van der Waals surface area contributed by atoms with Crippen LogP contribution in [0.4, 0.5) is 5.13 Å². The number of hydrogen-bond donors (Lipinski definition) is 7. The van der Waals surface area contributed by atoms with Gasteiger partial charge in [0.25, 0.3) is 17.9 Å². The number of nitrogen functional groups attached to an aromatic ring is 1. The number of carboxylic acids is 1. The lowest BCUT2D eigenvalue weighted by molar-refractivity contribution is -0.218. The van der Waals surface area contributed by atoms with Gasteiger partial charge >= 0.3 is 16.4 Å². The molecule has 2 saturated heterocycles. The highest BCUT2D eigenvalue weighted by molar-refractivity contribution is 7.80. The molecule has 0 bridgehead atoms. The molecule has 0 aliphatic carbocycles. The molecule has 2 aliphatic rings. The largest absolute Gasteiger partial charge is 0.489 e. The molecule has 0 spiro atoms. The predicted octanol–water partition coefficient (Wildman–Crippen LogP) is -0.125. The number of carbonyl (C=O) groups excluding carboxylic acids is 2. The van der Waals surface area contributed by atoms with Crippen LogP contribution in [0.3, 0.4) is 0 Å². The fourth-order valence-corrected chi connectivity index (χ4v) is 5.60. The zero-order valence-electron chi connectivity index (χ0n) is 24.8. The van der Waals surface area contributed by atoms with Crippen molar-refractivity contribution in [1.29, 1.82) is 5.41 Å². The molecule has 1 aromatic carbocycles. The van der Waals surface area contributed by atoms with E-state index in [2.05, 4.69) is 30.4 Å². The molecule has 1 unspecified atom stereocenters. The van der Waals surface area contributed by atoms with Crippen molar-refractivity contribution in [3.63, 3.8) is 0 Å². The van der Waals surface area contributed by atoms with Crippen LogP contribution in [0.2, 0.25) is 0 Å². The lowest BCUT2D eigenvalue weighted by Gasteiger charge is -2.50. The van der Waals surface area contributed by atoms with Crippen LogP contribution in [-0.4, -0.2) is 101 Å². The number of nitrogens with one attached hydrogen (secondary N) is 4. The topological polar surface area (TPSA) is 268 Å². The average molecular weight is 683 g/mol. The number of nitrogens with zero attached hydrogens (tertiary/aromatic N) is 3. The lowest BCUT2D eigenvalue weighted by atomic mass is 9.84. The molecule has 46 heavy (non-hydrogen) atoms. The summed E-state index contributed by atoms with van der Waals surface area (Å²) in [6, 6.07) is 5.40. The van der Waals surface area contributed by atoms with Gasteiger partial charge in [0.05, 0.1) is 5.54 Å². The Labute approximate surface area is 267 Å². The second kappa shape index (κ2) is 14.4. The number of rotatable bonds is 14. The van der Waals surface area contributed by atoms with E-state index in [1.54, 1.807) is 24.3 Å². The number of hydrogen-bond acceptors (Lipinski definition) is 14. The number of amidine groups is 1. The quantitative estimate of drug-likeness (QED) is 0.0450. The molecule has 20 heteroatoms. The van der Waals surface area contributed by atoms with Gasteiger partial charge < -0.3 is 36.4 Å². The number of β-lactam (4-membered cyclic amide) rings is 1. The number of benzene rings is 1. The molecular weight excluding hydrogens is 648 g/mol. The number of piperidine rings is 1. The number of nitrogens with two attached hydrogens (primary N) is 1. The smallest absolute Gasteiger partial charge is 0.418 e. The van der Waals surface area contributed by atoms with Crippen molar-refractivity contribution in [3.05, 3.63) is 40.9 Å². The standard InChI is InChI=1S/C26H34N8O10S2/c1-26(2)20(23(36)34(26)44-46(39,40)41)32-22(35)19(17-13-45-25(28)31-17)33-43-18(24(37)38)12-42-16-8-6-14(7-9-16)21(27)30-11-15-5-3-4-10-29-15/h6-9,13,15,18,20,29H,3-5,10-12H2,1-2H3,(H2,27,30)(H2,28,31)(H,32,35)(H,37,38)(H,39,40,41)/b33-19-/t15?,18-,20+/m0/s1. The second-order valence-corrected chi connectivity index (χ2v) is 12.8. The fraction of sp³-hybridized carbons (Fsp3) is 0.462. The van der Waals surface area contributed by atoms with Gasteiger partial charge in [-0.25, -0.2) is 9.78 Å². The van der Waals surface area contributed by atoms with Gasteiger partial charge in [-0.3, -0.25) is 19.6 Å². The highest BCUT2D eigenvalue weighted by atomic mass is 32.3. The summed E-state index contributed by atoms with van der Waals surface area (Å²) in [7, 11) is -5.02. The second-order valence-electron chi connectivity index (χ2n) is 10.9. The molecule has 2 fully saturated rings. The van der Waals surface area contributed by atoms with E-state index in [1.165, 1.54) is 19.2 Å². The van der Waals surface area contributed by atoms with Gasteiger partial charge in [0.15, 0.2) is 10.8 Å². The first-order valence-electron chi connectivity index (χ1n) is 13.9. The van der Waals surface area contributed by atoms with Crippen molar-refractivity contribution < 1.29 is 46.3 Å². The number of aliphatic carboxylic acids is 1. The van der Waals surface area contributed by atoms with Crippen LogP contribution >= 0.6 is 11.3 Å². The Morgan fingerprint density at radius 2 is 2.02 bits per heavy atom. The van der Waals surface area contributed by atoms with Crippen molar-refractivity contribution in [2.75, 3.05) is 25.4 Å². The Morgan fingerprint density at radius 1 is 1.30 bits per heavy atom. The Balaban J connectivity index is 1.39. The van der Waals surface area contributed by atoms with Gasteiger partial charge in [-0.05, 0) is 57.5 Å². The minimum atomic E-state index is -5.02. The predicted molar refractivity (Wildman–Crippen MR) is 163 cm³/mol. The lowest BCUT2D eigenvalue weighted by Crippen LogP contribution is -2.76. The summed E-state index contributed by atoms with van der Waals surface area (Å²) < 4.78 is 40.9. The number of anilines is 1. The summed E-state index contributed by atoms with van der Waals surface area (Å²) in [4.78, 5) is 46.7. The minimum Gasteiger partial charge on any atom is -0.489 e. The van der Waals surface area contributed by atoms with Crippen molar-refractivity contribution >= 4 is 56.2 Å². The molecule has 250 valence electrons. The van der Waals surface area contributed by atoms with E-state index < -0.39 is 58.2 Å². The van der Waals surface area contributed by atoms with E-state index >= 15 is 0 Å². The number of amides is 2. The number of ether oxygens (including phenoxy) is 1. The molecule has 8 N–H and O–H groups in total. The molecule has 3 atom stereocenters. The van der Waals surface area contributed by atoms with Gasteiger partial charge in [0.1, 0.15) is 29.9 Å². The first-order chi connectivity index (χ1) is 21.7. The summed E-state index contributed by atoms with van der Waals surface area (Å²) >= 11 is 0.954. The summed E-state index contributed by atoms with van der Waals surface area (Å²) in [6.45, 7) is 3.78. The van der Waals surface area contributed by atoms with Gasteiger partial charge in [-0.2, -0.15) is 13.5 Å². The third kappa shape index (κ3) is 8.66. The fourth-order valence-electron chi connectivity index (χ4n) is 4.60. The van der Waals surface area contributed by atoms with Gasteiger partial charge in [-0.1, -0.05) is 11.6 Å². The van der Waals surface area contributed by atoms with Crippen molar-refractivity contribution in [1.82, 2.24) is 26.0 Å². The average Bonchev–Trinajstić information content (AvgIpc) is 3.44.